The molecule has 0 saturated carbocycles. The molecule has 1 aliphatic rings. The summed E-state index contributed by atoms with van der Waals surface area (Å²) in [5, 5.41) is 4.08. The first kappa shape index (κ1) is 7.95. The van der Waals surface area contributed by atoms with Crippen molar-refractivity contribution in [2.45, 2.75) is 0 Å². The quantitative estimate of drug-likeness (QED) is 0.575. The van der Waals surface area contributed by atoms with E-state index in [1.807, 2.05) is 22.9 Å². The van der Waals surface area contributed by atoms with Crippen LogP contribution in [0.3, 0.4) is 0 Å². The molecule has 2 heteroatoms. The molecule has 0 aromatic carbocycles. The van der Waals surface area contributed by atoms with Gasteiger partial charge in [0.25, 0.3) is 0 Å². The molecule has 1 nitrogen and oxygen atoms in total. The molecule has 0 N–H and O–H groups in total. The fourth-order valence-electron chi connectivity index (χ4n) is 0.583. The average Bonchev–Trinajstić information content (AvgIpc) is 2.57. The highest BCUT2D eigenvalue weighted by Crippen LogP contribution is 1.91. The predicted octanol–water partition coefficient (Wildman–Crippen LogP) is 2.43. The van der Waals surface area contributed by atoms with Crippen molar-refractivity contribution in [2.24, 2.45) is 0 Å². The number of thiophene rings is 1. The van der Waals surface area contributed by atoms with Crippen molar-refractivity contribution >= 4 is 17.1 Å². The maximum Gasteiger partial charge on any atom is 0.178 e. The Morgan fingerprint density at radius 2 is 1.55 bits per heavy atom. The number of carbonyl (C=O) groups excluding carboxylic acids is 1. The third kappa shape index (κ3) is 3.53. The Balaban J connectivity index is 0.000000112. The van der Waals surface area contributed by atoms with Crippen LogP contribution >= 0.6 is 11.3 Å². The average molecular weight is 164 g/mol. The maximum absolute atomic E-state index is 10.1. The fraction of sp³-hybridized carbons (Fsp3) is 0. The monoisotopic (exact) mass is 164 g/mol. The van der Waals surface area contributed by atoms with Crippen LogP contribution in [0.25, 0.3) is 0 Å². The first-order valence-electron chi connectivity index (χ1n) is 3.25. The van der Waals surface area contributed by atoms with Gasteiger partial charge < -0.3 is 0 Å². The largest absolute Gasteiger partial charge is 0.290 e. The lowest BCUT2D eigenvalue weighted by atomic mass is 10.5. The van der Waals surface area contributed by atoms with E-state index in [1.165, 1.54) is 12.2 Å². The Morgan fingerprint density at radius 3 is 1.73 bits per heavy atom. The zero-order chi connectivity index (χ0) is 7.94. The summed E-state index contributed by atoms with van der Waals surface area (Å²) in [6.07, 6.45) is 6.50. The van der Waals surface area contributed by atoms with Gasteiger partial charge in [-0.1, -0.05) is 24.3 Å². The van der Waals surface area contributed by atoms with Crippen LogP contribution in [-0.4, -0.2) is 5.78 Å². The van der Waals surface area contributed by atoms with Crippen LogP contribution < -0.4 is 0 Å². The van der Waals surface area contributed by atoms with Crippen molar-refractivity contribution in [2.75, 3.05) is 0 Å². The van der Waals surface area contributed by atoms with E-state index in [0.717, 1.165) is 0 Å². The van der Waals surface area contributed by atoms with E-state index in [-0.39, 0.29) is 5.78 Å². The normalized spacial score (nSPS) is 12.9. The van der Waals surface area contributed by atoms with E-state index in [4.69, 9.17) is 0 Å². The van der Waals surface area contributed by atoms with E-state index < -0.39 is 0 Å². The highest BCUT2D eigenvalue weighted by atomic mass is 32.1. The van der Waals surface area contributed by atoms with E-state index in [2.05, 4.69) is 0 Å². The number of allylic oxidation sites excluding steroid dienone is 4. The van der Waals surface area contributed by atoms with Gasteiger partial charge in [0, 0.05) is 0 Å². The molecule has 1 aromatic heterocycles. The summed E-state index contributed by atoms with van der Waals surface area (Å²) in [5.41, 5.74) is 0. The minimum Gasteiger partial charge on any atom is -0.290 e. The van der Waals surface area contributed by atoms with Crippen LogP contribution in [0, 0.1) is 0 Å². The van der Waals surface area contributed by atoms with Crippen LogP contribution in [0.2, 0.25) is 0 Å². The molecule has 0 spiro atoms. The molecular formula is C9H8OS. The second kappa shape index (κ2) is 4.63. The number of hydrogen-bond donors (Lipinski definition) is 0. The number of ketones is 1. The Bertz CT molecular complexity index is 226. The third-order valence-electron chi connectivity index (χ3n) is 1.06. The molecule has 0 unspecified atom stereocenters. The van der Waals surface area contributed by atoms with Crippen LogP contribution in [-0.2, 0) is 4.79 Å². The van der Waals surface area contributed by atoms with Gasteiger partial charge in [-0.2, -0.15) is 11.3 Å². The predicted molar refractivity (Wildman–Crippen MR) is 47.6 cm³/mol. The van der Waals surface area contributed by atoms with Crippen molar-refractivity contribution in [3.8, 4) is 0 Å². The van der Waals surface area contributed by atoms with Gasteiger partial charge in [-0.15, -0.1) is 0 Å². The van der Waals surface area contributed by atoms with Crippen molar-refractivity contribution in [3.63, 3.8) is 0 Å². The smallest absolute Gasteiger partial charge is 0.178 e. The summed E-state index contributed by atoms with van der Waals surface area (Å²) in [7, 11) is 0. The molecule has 0 amide bonds. The Labute approximate surface area is 69.7 Å². The number of carbonyl (C=O) groups is 1. The molecule has 2 rings (SSSR count). The highest BCUT2D eigenvalue weighted by molar-refractivity contribution is 7.07. The number of rotatable bonds is 0. The van der Waals surface area contributed by atoms with Crippen molar-refractivity contribution in [1.29, 1.82) is 0 Å². The van der Waals surface area contributed by atoms with Gasteiger partial charge in [0.2, 0.25) is 0 Å². The van der Waals surface area contributed by atoms with Crippen molar-refractivity contribution in [1.82, 2.24) is 0 Å². The standard InChI is InChI=1S/C5H4O.C4H4S/c6-5-3-1-2-4-5;1-2-4-5-3-1/h1-4H;1-4H. The van der Waals surface area contributed by atoms with Gasteiger partial charge in [-0.3, -0.25) is 4.79 Å². The summed E-state index contributed by atoms with van der Waals surface area (Å²) >= 11 is 1.71. The van der Waals surface area contributed by atoms with Gasteiger partial charge in [0.15, 0.2) is 5.78 Å². The van der Waals surface area contributed by atoms with Crippen LogP contribution in [0.5, 0.6) is 0 Å². The minimum atomic E-state index is 0.0926. The molecule has 1 heterocycles. The Morgan fingerprint density at radius 1 is 1.00 bits per heavy atom. The molecule has 11 heavy (non-hydrogen) atoms. The van der Waals surface area contributed by atoms with Crippen molar-refractivity contribution in [3.05, 3.63) is 47.2 Å². The van der Waals surface area contributed by atoms with Gasteiger partial charge >= 0.3 is 0 Å². The summed E-state index contributed by atoms with van der Waals surface area (Å²) in [5.74, 6) is 0.0926. The highest BCUT2D eigenvalue weighted by Gasteiger charge is 1.88. The second-order valence-electron chi connectivity index (χ2n) is 1.91. The van der Waals surface area contributed by atoms with Gasteiger partial charge in [-0.25, -0.2) is 0 Å². The molecule has 1 aromatic rings. The van der Waals surface area contributed by atoms with E-state index in [1.54, 1.807) is 23.5 Å². The summed E-state index contributed by atoms with van der Waals surface area (Å²) in [6.45, 7) is 0. The first-order valence-corrected chi connectivity index (χ1v) is 4.20. The van der Waals surface area contributed by atoms with Gasteiger partial charge in [0.05, 0.1) is 0 Å². The minimum absolute atomic E-state index is 0.0926. The van der Waals surface area contributed by atoms with Crippen LogP contribution in [0.15, 0.2) is 47.2 Å². The topological polar surface area (TPSA) is 17.1 Å². The molecule has 0 fully saturated rings. The molecule has 56 valence electrons. The van der Waals surface area contributed by atoms with Crippen LogP contribution in [0.1, 0.15) is 0 Å². The molecule has 0 radical (unpaired) electrons. The fourth-order valence-corrected chi connectivity index (χ4v) is 1.04. The first-order chi connectivity index (χ1) is 5.39. The summed E-state index contributed by atoms with van der Waals surface area (Å²) in [4.78, 5) is 10.1. The van der Waals surface area contributed by atoms with E-state index >= 15 is 0 Å². The molecule has 0 atom stereocenters. The summed E-state index contributed by atoms with van der Waals surface area (Å²) in [6, 6.07) is 4.04. The zero-order valence-corrected chi connectivity index (χ0v) is 6.75. The van der Waals surface area contributed by atoms with Crippen molar-refractivity contribution < 1.29 is 4.79 Å². The van der Waals surface area contributed by atoms with Crippen LogP contribution in [0.4, 0.5) is 0 Å². The number of hydrogen-bond acceptors (Lipinski definition) is 2. The lowest BCUT2D eigenvalue weighted by Gasteiger charge is -1.62. The SMILES string of the molecule is O=C1C=CC=C1.c1ccsc1. The lowest BCUT2D eigenvalue weighted by Crippen LogP contribution is -1.75. The Hall–Kier alpha value is -1.15. The molecule has 1 aliphatic carbocycles. The lowest BCUT2D eigenvalue weighted by molar-refractivity contribution is -0.110. The third-order valence-corrected chi connectivity index (χ3v) is 1.69. The maximum atomic E-state index is 10.1. The molecule has 0 aliphatic heterocycles. The van der Waals surface area contributed by atoms with Gasteiger partial charge in [-0.05, 0) is 22.9 Å². The Kier molecular flexibility index (Phi) is 3.35. The molecule has 0 saturated heterocycles. The van der Waals surface area contributed by atoms with E-state index in [9.17, 15) is 4.79 Å². The van der Waals surface area contributed by atoms with E-state index in [0.29, 0.717) is 0 Å². The zero-order valence-electron chi connectivity index (χ0n) is 5.94. The van der Waals surface area contributed by atoms with Gasteiger partial charge in [0.1, 0.15) is 0 Å². The second-order valence-corrected chi connectivity index (χ2v) is 2.73. The summed E-state index contributed by atoms with van der Waals surface area (Å²) < 4.78 is 0. The molecular weight excluding hydrogens is 156 g/mol. The molecule has 0 bridgehead atoms.